The van der Waals surface area contributed by atoms with Gasteiger partial charge in [0.05, 0.1) is 33.3 Å². The van der Waals surface area contributed by atoms with Crippen molar-refractivity contribution in [1.29, 1.82) is 0 Å². The van der Waals surface area contributed by atoms with Crippen LogP contribution in [0, 0.1) is 11.8 Å². The highest BCUT2D eigenvalue weighted by Crippen LogP contribution is 2.61. The summed E-state index contributed by atoms with van der Waals surface area (Å²) in [7, 11) is 0. The summed E-state index contributed by atoms with van der Waals surface area (Å²) in [6, 6.07) is 9.76. The molecule has 4 heterocycles. The molecular formula is C22H16Cl3N3O3. The third kappa shape index (κ3) is 2.26. The first kappa shape index (κ1) is 19.6. The zero-order valence-corrected chi connectivity index (χ0v) is 18.3. The molecule has 4 aliphatic rings. The van der Waals surface area contributed by atoms with Gasteiger partial charge >= 0.3 is 0 Å². The lowest BCUT2D eigenvalue weighted by atomic mass is 9.75. The van der Waals surface area contributed by atoms with Gasteiger partial charge in [-0.05, 0) is 43.7 Å². The molecule has 4 atom stereocenters. The lowest BCUT2D eigenvalue weighted by Gasteiger charge is -2.36. The van der Waals surface area contributed by atoms with Crippen molar-refractivity contribution in [1.82, 2.24) is 4.90 Å². The van der Waals surface area contributed by atoms with E-state index >= 15 is 0 Å². The largest absolute Gasteiger partial charge is 0.323 e. The number of amides is 3. The van der Waals surface area contributed by atoms with Gasteiger partial charge < -0.3 is 5.32 Å². The summed E-state index contributed by atoms with van der Waals surface area (Å²) in [6.45, 7) is 0.634. The van der Waals surface area contributed by atoms with E-state index in [1.807, 2.05) is 11.0 Å². The van der Waals surface area contributed by atoms with E-state index in [4.69, 9.17) is 34.8 Å². The van der Waals surface area contributed by atoms with Crippen molar-refractivity contribution in [3.8, 4) is 0 Å². The zero-order chi connectivity index (χ0) is 21.7. The number of para-hydroxylation sites is 1. The van der Waals surface area contributed by atoms with Gasteiger partial charge in [0.15, 0.2) is 0 Å². The molecule has 1 N–H and O–H groups in total. The molecule has 9 heteroatoms. The summed E-state index contributed by atoms with van der Waals surface area (Å²) in [5, 5.41) is 3.92. The molecule has 6 rings (SSSR count). The minimum atomic E-state index is -1.27. The highest BCUT2D eigenvalue weighted by atomic mass is 35.5. The minimum absolute atomic E-state index is 0.208. The molecule has 0 aliphatic carbocycles. The number of nitrogens with zero attached hydrogens (tertiary/aromatic N) is 2. The van der Waals surface area contributed by atoms with Crippen LogP contribution in [-0.4, -0.2) is 35.2 Å². The second-order valence-electron chi connectivity index (χ2n) is 8.40. The molecule has 31 heavy (non-hydrogen) atoms. The van der Waals surface area contributed by atoms with Gasteiger partial charge in [0.2, 0.25) is 11.8 Å². The fourth-order valence-electron chi connectivity index (χ4n) is 6.09. The smallest absolute Gasteiger partial charge is 0.250 e. The van der Waals surface area contributed by atoms with Crippen LogP contribution < -0.4 is 10.2 Å². The van der Waals surface area contributed by atoms with Crippen molar-refractivity contribution >= 4 is 63.9 Å². The summed E-state index contributed by atoms with van der Waals surface area (Å²) in [6.07, 6.45) is 1.58. The maximum atomic E-state index is 13.9. The van der Waals surface area contributed by atoms with Crippen molar-refractivity contribution in [3.05, 3.63) is 57.0 Å². The fraction of sp³-hybridized carbons (Fsp3) is 0.318. The van der Waals surface area contributed by atoms with Crippen LogP contribution in [0.1, 0.15) is 18.4 Å². The molecule has 0 saturated carbocycles. The summed E-state index contributed by atoms with van der Waals surface area (Å²) in [4.78, 5) is 44.2. The monoisotopic (exact) mass is 475 g/mol. The number of anilines is 2. The lowest BCUT2D eigenvalue weighted by molar-refractivity contribution is -0.135. The number of carbonyl (C=O) groups excluding carboxylic acids is 3. The van der Waals surface area contributed by atoms with E-state index in [2.05, 4.69) is 5.32 Å². The Kier molecular flexibility index (Phi) is 4.07. The molecule has 3 amide bonds. The van der Waals surface area contributed by atoms with E-state index in [0.717, 1.165) is 17.7 Å². The molecule has 1 spiro atoms. The Morgan fingerprint density at radius 1 is 1.00 bits per heavy atom. The van der Waals surface area contributed by atoms with Crippen LogP contribution in [0.3, 0.4) is 0 Å². The molecule has 4 aliphatic heterocycles. The average molecular weight is 477 g/mol. The number of hydrogen-bond acceptors (Lipinski definition) is 4. The Morgan fingerprint density at radius 2 is 1.81 bits per heavy atom. The van der Waals surface area contributed by atoms with Crippen molar-refractivity contribution in [3.63, 3.8) is 0 Å². The van der Waals surface area contributed by atoms with Gasteiger partial charge in [-0.25, -0.2) is 4.90 Å². The van der Waals surface area contributed by atoms with Gasteiger partial charge in [-0.15, -0.1) is 0 Å². The van der Waals surface area contributed by atoms with Crippen LogP contribution in [0.5, 0.6) is 0 Å². The number of fused-ring (bicyclic) bond motifs is 7. The Hall–Kier alpha value is -2.12. The van der Waals surface area contributed by atoms with Gasteiger partial charge in [0.25, 0.3) is 5.91 Å². The number of rotatable bonds is 1. The fourth-order valence-corrected chi connectivity index (χ4v) is 6.68. The van der Waals surface area contributed by atoms with Crippen molar-refractivity contribution in [2.24, 2.45) is 11.8 Å². The third-order valence-corrected chi connectivity index (χ3v) is 8.00. The maximum Gasteiger partial charge on any atom is 0.250 e. The van der Waals surface area contributed by atoms with Gasteiger partial charge in [-0.2, -0.15) is 0 Å². The first-order chi connectivity index (χ1) is 14.9. The van der Waals surface area contributed by atoms with E-state index in [1.165, 1.54) is 6.07 Å². The van der Waals surface area contributed by atoms with E-state index in [1.54, 1.807) is 24.3 Å². The first-order valence-corrected chi connectivity index (χ1v) is 11.2. The molecule has 0 bridgehead atoms. The maximum absolute atomic E-state index is 13.9. The Labute approximate surface area is 193 Å². The standard InChI is InChI=1S/C22H16Cl3N3O3/c23-10-6-7-12(24)15(9-10)28-19(29)16-14-5-2-8-27(14)22(17(16)20(28)30)11-3-1-4-13(25)18(11)26-21(22)31/h1,3-4,6-7,9,14,16-17H,2,5,8H2,(H,26,31). The van der Waals surface area contributed by atoms with Crippen LogP contribution in [0.15, 0.2) is 36.4 Å². The summed E-state index contributed by atoms with van der Waals surface area (Å²) >= 11 is 18.9. The highest BCUT2D eigenvalue weighted by Gasteiger charge is 2.74. The van der Waals surface area contributed by atoms with Crippen LogP contribution >= 0.6 is 34.8 Å². The SMILES string of the molecule is O=C1C2C3CCCN3C3(C(=O)Nc4c(Cl)cccc43)C2C(=O)N1c1cc(Cl)ccc1Cl. The Bertz CT molecular complexity index is 1200. The summed E-state index contributed by atoms with van der Waals surface area (Å²) < 4.78 is 0. The van der Waals surface area contributed by atoms with Crippen LogP contribution in [0.25, 0.3) is 0 Å². The topological polar surface area (TPSA) is 69.7 Å². The predicted molar refractivity (Wildman–Crippen MR) is 117 cm³/mol. The van der Waals surface area contributed by atoms with E-state index in [0.29, 0.717) is 27.8 Å². The molecule has 6 nitrogen and oxygen atoms in total. The van der Waals surface area contributed by atoms with Crippen molar-refractivity contribution < 1.29 is 14.4 Å². The number of nitrogens with one attached hydrogen (secondary N) is 1. The Morgan fingerprint density at radius 3 is 2.61 bits per heavy atom. The second kappa shape index (κ2) is 6.45. The van der Waals surface area contributed by atoms with Gasteiger partial charge in [-0.3, -0.25) is 19.3 Å². The van der Waals surface area contributed by atoms with Gasteiger partial charge in [0, 0.05) is 16.6 Å². The normalized spacial score (nSPS) is 31.4. The van der Waals surface area contributed by atoms with E-state index < -0.39 is 23.3 Å². The van der Waals surface area contributed by atoms with Crippen LogP contribution in [0.2, 0.25) is 15.1 Å². The van der Waals surface area contributed by atoms with Crippen molar-refractivity contribution in [2.45, 2.75) is 24.4 Å². The molecule has 0 aromatic heterocycles. The minimum Gasteiger partial charge on any atom is -0.323 e. The predicted octanol–water partition coefficient (Wildman–Crippen LogP) is 4.08. The molecule has 2 aromatic carbocycles. The molecule has 3 saturated heterocycles. The lowest BCUT2D eigenvalue weighted by Crippen LogP contribution is -2.54. The molecule has 2 aromatic rings. The number of carbonyl (C=O) groups is 3. The molecule has 0 radical (unpaired) electrons. The number of benzene rings is 2. The highest BCUT2D eigenvalue weighted by molar-refractivity contribution is 6.38. The molecule has 3 fully saturated rings. The summed E-state index contributed by atoms with van der Waals surface area (Å²) in [5.41, 5.74) is 0.158. The zero-order valence-electron chi connectivity index (χ0n) is 16.1. The van der Waals surface area contributed by atoms with Gasteiger partial charge in [0.1, 0.15) is 5.54 Å². The molecule has 4 unspecified atom stereocenters. The molecule has 158 valence electrons. The van der Waals surface area contributed by atoms with E-state index in [9.17, 15) is 14.4 Å². The van der Waals surface area contributed by atoms with Gasteiger partial charge in [-0.1, -0.05) is 46.9 Å². The number of halogens is 3. The van der Waals surface area contributed by atoms with Crippen LogP contribution in [0.4, 0.5) is 11.4 Å². The average Bonchev–Trinajstić information content (AvgIpc) is 3.44. The molecular weight excluding hydrogens is 461 g/mol. The number of imide groups is 1. The Balaban J connectivity index is 1.58. The quantitative estimate of drug-likeness (QED) is 0.630. The third-order valence-electron chi connectivity index (χ3n) is 7.13. The number of hydrogen-bond donors (Lipinski definition) is 1. The first-order valence-electron chi connectivity index (χ1n) is 10.1. The van der Waals surface area contributed by atoms with Crippen LogP contribution in [-0.2, 0) is 19.9 Å². The second-order valence-corrected chi connectivity index (χ2v) is 9.65. The summed E-state index contributed by atoms with van der Waals surface area (Å²) in [5.74, 6) is -2.58. The van der Waals surface area contributed by atoms with E-state index in [-0.39, 0.29) is 28.6 Å². The van der Waals surface area contributed by atoms with Crippen molar-refractivity contribution in [2.75, 3.05) is 16.8 Å².